The fourth-order valence-electron chi connectivity index (χ4n) is 9.36. The lowest BCUT2D eigenvalue weighted by Gasteiger charge is -2.63. The molecule has 0 amide bonds. The smallest absolute Gasteiger partial charge is 0.302 e. The quantitative estimate of drug-likeness (QED) is 0.470. The molecule has 4 saturated carbocycles. The van der Waals surface area contributed by atoms with Gasteiger partial charge in [0.15, 0.2) is 5.78 Å². The van der Waals surface area contributed by atoms with Gasteiger partial charge < -0.3 is 9.84 Å². The minimum atomic E-state index is -1.34. The van der Waals surface area contributed by atoms with E-state index in [1.807, 2.05) is 0 Å². The van der Waals surface area contributed by atoms with Crippen LogP contribution in [0.3, 0.4) is 0 Å². The number of carbonyl (C=O) groups is 2. The van der Waals surface area contributed by atoms with E-state index in [1.54, 1.807) is 0 Å². The average Bonchev–Trinajstić information content (AvgIpc) is 3.07. The summed E-state index contributed by atoms with van der Waals surface area (Å²) in [6, 6.07) is 0. The standard InChI is InChI=1S/C29H48O4/c1-18(2)8-7-9-19(3)23-10-11-24-22-16-26(31)29(32)17-21(33-20(4)30)12-15-28(29,6)25(22)13-14-27(23,24)5/h18-19,21-25,32H,7-17H2,1-6H3/t19-,21-,22-,23+,24+,25+,27+,28+,29-/m0/s1. The van der Waals surface area contributed by atoms with Crippen LogP contribution in [0.15, 0.2) is 0 Å². The summed E-state index contributed by atoms with van der Waals surface area (Å²) in [5.41, 5.74) is -1.41. The molecule has 0 bridgehead atoms. The summed E-state index contributed by atoms with van der Waals surface area (Å²) in [6.45, 7) is 13.2. The van der Waals surface area contributed by atoms with Crippen LogP contribution in [0.5, 0.6) is 0 Å². The number of carbonyl (C=O) groups excluding carboxylic acids is 2. The van der Waals surface area contributed by atoms with Gasteiger partial charge in [-0.25, -0.2) is 0 Å². The van der Waals surface area contributed by atoms with Crippen LogP contribution in [0.25, 0.3) is 0 Å². The van der Waals surface area contributed by atoms with Crippen LogP contribution in [-0.4, -0.2) is 28.6 Å². The average molecular weight is 461 g/mol. The van der Waals surface area contributed by atoms with Crippen LogP contribution < -0.4 is 0 Å². The van der Waals surface area contributed by atoms with Gasteiger partial charge in [-0.15, -0.1) is 0 Å². The molecule has 188 valence electrons. The predicted molar refractivity (Wildman–Crippen MR) is 130 cm³/mol. The van der Waals surface area contributed by atoms with Crippen molar-refractivity contribution in [2.45, 2.75) is 124 Å². The topological polar surface area (TPSA) is 63.6 Å². The number of ketones is 1. The van der Waals surface area contributed by atoms with Gasteiger partial charge in [-0.05, 0) is 79.4 Å². The molecule has 4 heteroatoms. The third kappa shape index (κ3) is 4.10. The summed E-state index contributed by atoms with van der Waals surface area (Å²) in [5.74, 6) is 3.39. The van der Waals surface area contributed by atoms with Crippen LogP contribution in [0.4, 0.5) is 0 Å². The molecular formula is C29H48O4. The van der Waals surface area contributed by atoms with E-state index >= 15 is 0 Å². The van der Waals surface area contributed by atoms with Crippen LogP contribution in [0.2, 0.25) is 0 Å². The normalized spacial score (nSPS) is 45.8. The molecule has 33 heavy (non-hydrogen) atoms. The summed E-state index contributed by atoms with van der Waals surface area (Å²) in [4.78, 5) is 25.1. The molecule has 1 N–H and O–H groups in total. The van der Waals surface area contributed by atoms with Gasteiger partial charge in [0.05, 0.1) is 0 Å². The van der Waals surface area contributed by atoms with Crippen LogP contribution >= 0.6 is 0 Å². The minimum Gasteiger partial charge on any atom is -0.462 e. The van der Waals surface area contributed by atoms with E-state index in [9.17, 15) is 14.7 Å². The summed E-state index contributed by atoms with van der Waals surface area (Å²) in [5, 5.41) is 11.8. The predicted octanol–water partition coefficient (Wildman–Crippen LogP) is 6.33. The van der Waals surface area contributed by atoms with E-state index in [2.05, 4.69) is 34.6 Å². The van der Waals surface area contributed by atoms with E-state index < -0.39 is 11.0 Å². The van der Waals surface area contributed by atoms with Crippen LogP contribution in [-0.2, 0) is 14.3 Å². The maximum Gasteiger partial charge on any atom is 0.302 e. The summed E-state index contributed by atoms with van der Waals surface area (Å²) in [6.07, 6.45) is 10.9. The van der Waals surface area contributed by atoms with Crippen molar-refractivity contribution in [1.29, 1.82) is 0 Å². The van der Waals surface area contributed by atoms with Crippen molar-refractivity contribution in [3.05, 3.63) is 0 Å². The molecule has 9 atom stereocenters. The monoisotopic (exact) mass is 460 g/mol. The van der Waals surface area contributed by atoms with E-state index in [1.165, 1.54) is 45.4 Å². The highest BCUT2D eigenvalue weighted by Gasteiger charge is 2.68. The van der Waals surface area contributed by atoms with Crippen molar-refractivity contribution in [2.24, 2.45) is 46.3 Å². The molecule has 0 aromatic rings. The number of rotatable bonds is 6. The van der Waals surface area contributed by atoms with Crippen molar-refractivity contribution in [3.63, 3.8) is 0 Å². The second-order valence-electron chi connectivity index (χ2n) is 13.3. The van der Waals surface area contributed by atoms with Gasteiger partial charge in [0.1, 0.15) is 11.7 Å². The summed E-state index contributed by atoms with van der Waals surface area (Å²) in [7, 11) is 0. The highest BCUT2D eigenvalue weighted by molar-refractivity contribution is 5.89. The van der Waals surface area contributed by atoms with E-state index in [0.717, 1.165) is 37.0 Å². The fraction of sp³-hybridized carbons (Fsp3) is 0.931. The Labute approximate surface area is 201 Å². The summed E-state index contributed by atoms with van der Waals surface area (Å²) >= 11 is 0. The molecule has 0 radical (unpaired) electrons. The number of ether oxygens (including phenoxy) is 1. The lowest BCUT2D eigenvalue weighted by molar-refractivity contribution is -0.217. The molecule has 4 nitrogen and oxygen atoms in total. The second kappa shape index (κ2) is 8.95. The molecule has 4 fully saturated rings. The highest BCUT2D eigenvalue weighted by Crippen LogP contribution is 2.68. The Balaban J connectivity index is 1.52. The molecule has 0 aromatic carbocycles. The minimum absolute atomic E-state index is 0.0146. The molecular weight excluding hydrogens is 412 g/mol. The molecule has 0 aliphatic heterocycles. The maximum atomic E-state index is 13.6. The van der Waals surface area contributed by atoms with Gasteiger partial charge in [0, 0.05) is 25.2 Å². The molecule has 0 spiro atoms. The molecule has 4 aliphatic rings. The van der Waals surface area contributed by atoms with Crippen molar-refractivity contribution >= 4 is 11.8 Å². The Morgan fingerprint density at radius 3 is 2.45 bits per heavy atom. The second-order valence-corrected chi connectivity index (χ2v) is 13.3. The number of Topliss-reactive ketones (excluding diaryl/α,β-unsaturated/α-hetero) is 1. The van der Waals surface area contributed by atoms with Crippen molar-refractivity contribution in [3.8, 4) is 0 Å². The van der Waals surface area contributed by atoms with Crippen molar-refractivity contribution < 1.29 is 19.4 Å². The number of esters is 1. The van der Waals surface area contributed by atoms with Crippen molar-refractivity contribution in [1.82, 2.24) is 0 Å². The molecule has 0 aromatic heterocycles. The first kappa shape index (κ1) is 25.2. The Bertz CT molecular complexity index is 761. The number of hydrogen-bond acceptors (Lipinski definition) is 4. The highest BCUT2D eigenvalue weighted by atomic mass is 16.5. The summed E-state index contributed by atoms with van der Waals surface area (Å²) < 4.78 is 5.46. The first-order chi connectivity index (χ1) is 15.4. The fourth-order valence-corrected chi connectivity index (χ4v) is 9.36. The first-order valence-electron chi connectivity index (χ1n) is 13.8. The Hall–Kier alpha value is -0.900. The Kier molecular flexibility index (Phi) is 6.84. The SMILES string of the molecule is CC(=O)O[C@H]1CC[C@]2(C)[C@@H]3CC[C@@]4(C)[C@H](CC[C@@H]4[C@@H](C)CCCC(C)C)[C@@H]3CC(=O)[C@@]2(O)C1. The number of fused-ring (bicyclic) bond motifs is 5. The lowest BCUT2D eigenvalue weighted by Crippen LogP contribution is -2.67. The molecule has 0 heterocycles. The van der Waals surface area contributed by atoms with Crippen LogP contribution in [0, 0.1) is 46.3 Å². The zero-order valence-electron chi connectivity index (χ0n) is 22.0. The van der Waals surface area contributed by atoms with Crippen molar-refractivity contribution in [2.75, 3.05) is 0 Å². The number of hydrogen-bond donors (Lipinski definition) is 1. The largest absolute Gasteiger partial charge is 0.462 e. The third-order valence-electron chi connectivity index (χ3n) is 11.1. The van der Waals surface area contributed by atoms with Gasteiger partial charge in [-0.2, -0.15) is 0 Å². The van der Waals surface area contributed by atoms with E-state index in [4.69, 9.17) is 4.74 Å². The Morgan fingerprint density at radius 1 is 1.06 bits per heavy atom. The van der Waals surface area contributed by atoms with E-state index in [0.29, 0.717) is 29.6 Å². The molecule has 0 saturated heterocycles. The van der Waals surface area contributed by atoms with Gasteiger partial charge in [0.2, 0.25) is 0 Å². The lowest BCUT2D eigenvalue weighted by atomic mass is 9.42. The number of aliphatic hydroxyl groups is 1. The van der Waals surface area contributed by atoms with Gasteiger partial charge in [-0.3, -0.25) is 9.59 Å². The van der Waals surface area contributed by atoms with Gasteiger partial charge in [0.25, 0.3) is 0 Å². The zero-order chi connectivity index (χ0) is 24.2. The molecule has 0 unspecified atom stereocenters. The molecule has 4 rings (SSSR count). The van der Waals surface area contributed by atoms with Gasteiger partial charge >= 0.3 is 5.97 Å². The maximum absolute atomic E-state index is 13.6. The van der Waals surface area contributed by atoms with E-state index in [-0.39, 0.29) is 24.3 Å². The van der Waals surface area contributed by atoms with Crippen LogP contribution in [0.1, 0.15) is 112 Å². The van der Waals surface area contributed by atoms with Gasteiger partial charge in [-0.1, -0.05) is 53.9 Å². The zero-order valence-corrected chi connectivity index (χ0v) is 22.0. The molecule has 4 aliphatic carbocycles. The Morgan fingerprint density at radius 2 is 1.79 bits per heavy atom. The third-order valence-corrected chi connectivity index (χ3v) is 11.1. The first-order valence-corrected chi connectivity index (χ1v) is 13.8.